The smallest absolute Gasteiger partial charge is 0.320 e. The Morgan fingerprint density at radius 2 is 2.05 bits per heavy atom. The molecule has 0 radical (unpaired) electrons. The van der Waals surface area contributed by atoms with Crippen LogP contribution < -0.4 is 5.32 Å². The van der Waals surface area contributed by atoms with Crippen molar-refractivity contribution in [1.29, 1.82) is 0 Å². The van der Waals surface area contributed by atoms with E-state index in [4.69, 9.17) is 0 Å². The second-order valence-electron chi connectivity index (χ2n) is 6.61. The van der Waals surface area contributed by atoms with Crippen LogP contribution in [-0.4, -0.2) is 55.1 Å². The summed E-state index contributed by atoms with van der Waals surface area (Å²) in [4.78, 5) is 16.9. The number of nitrogens with one attached hydrogen (secondary N) is 1. The number of amides is 2. The van der Waals surface area contributed by atoms with Crippen molar-refractivity contribution in [2.45, 2.75) is 46.0 Å². The van der Waals surface area contributed by atoms with E-state index in [-0.39, 0.29) is 6.03 Å². The van der Waals surface area contributed by atoms with Gasteiger partial charge in [0, 0.05) is 26.2 Å². The van der Waals surface area contributed by atoms with Crippen molar-refractivity contribution in [3.8, 4) is 0 Å². The molecule has 116 valence electrons. The quantitative estimate of drug-likeness (QED) is 0.859. The summed E-state index contributed by atoms with van der Waals surface area (Å²) in [6, 6.07) is 0.282. The Balaban J connectivity index is 1.87. The maximum absolute atomic E-state index is 12.7. The fourth-order valence-electron chi connectivity index (χ4n) is 3.33. The lowest BCUT2D eigenvalue weighted by molar-refractivity contribution is 0.125. The molecule has 4 heteroatoms. The van der Waals surface area contributed by atoms with Crippen LogP contribution >= 0.6 is 0 Å². The van der Waals surface area contributed by atoms with Crippen LogP contribution in [0.4, 0.5) is 4.79 Å². The number of hydrogen-bond donors (Lipinski definition) is 1. The second kappa shape index (κ2) is 7.87. The number of likely N-dealkylation sites (tertiary alicyclic amines) is 1. The van der Waals surface area contributed by atoms with Gasteiger partial charge in [-0.1, -0.05) is 13.8 Å². The molecule has 0 saturated carbocycles. The molecule has 1 N–H and O–H groups in total. The summed E-state index contributed by atoms with van der Waals surface area (Å²) >= 11 is 0. The van der Waals surface area contributed by atoms with E-state index in [1.54, 1.807) is 0 Å². The highest BCUT2D eigenvalue weighted by molar-refractivity contribution is 5.74. The first kappa shape index (κ1) is 15.6. The van der Waals surface area contributed by atoms with Gasteiger partial charge in [-0.05, 0) is 57.0 Å². The van der Waals surface area contributed by atoms with Crippen molar-refractivity contribution in [2.24, 2.45) is 11.8 Å². The molecule has 2 amide bonds. The lowest BCUT2D eigenvalue weighted by atomic mass is 9.98. The molecule has 0 aromatic carbocycles. The molecule has 2 rings (SSSR count). The van der Waals surface area contributed by atoms with Gasteiger partial charge in [-0.15, -0.1) is 0 Å². The highest BCUT2D eigenvalue weighted by Gasteiger charge is 2.26. The summed E-state index contributed by atoms with van der Waals surface area (Å²) in [5.74, 6) is 1.42. The van der Waals surface area contributed by atoms with Crippen molar-refractivity contribution in [2.75, 3.05) is 39.3 Å². The molecular weight excluding hydrogens is 250 g/mol. The van der Waals surface area contributed by atoms with Crippen molar-refractivity contribution in [3.05, 3.63) is 0 Å². The Labute approximate surface area is 123 Å². The SMILES string of the molecule is CCCN(CC1CCCNC1)C(=O)N1CCC(C)CC1. The fourth-order valence-corrected chi connectivity index (χ4v) is 3.33. The number of rotatable bonds is 4. The summed E-state index contributed by atoms with van der Waals surface area (Å²) in [6.07, 6.45) is 5.89. The first-order valence-corrected chi connectivity index (χ1v) is 8.45. The summed E-state index contributed by atoms with van der Waals surface area (Å²) in [6.45, 7) is 10.4. The molecular formula is C16H31N3O. The van der Waals surface area contributed by atoms with Gasteiger partial charge >= 0.3 is 6.03 Å². The molecule has 0 aromatic heterocycles. The van der Waals surface area contributed by atoms with Gasteiger partial charge in [-0.3, -0.25) is 0 Å². The average Bonchev–Trinajstić information content (AvgIpc) is 2.48. The third kappa shape index (κ3) is 4.37. The average molecular weight is 281 g/mol. The van der Waals surface area contributed by atoms with E-state index in [9.17, 15) is 4.79 Å². The molecule has 4 nitrogen and oxygen atoms in total. The van der Waals surface area contributed by atoms with E-state index >= 15 is 0 Å². The van der Waals surface area contributed by atoms with E-state index in [0.717, 1.165) is 64.4 Å². The molecule has 2 heterocycles. The van der Waals surface area contributed by atoms with Crippen molar-refractivity contribution in [1.82, 2.24) is 15.1 Å². The monoisotopic (exact) mass is 281 g/mol. The molecule has 2 saturated heterocycles. The van der Waals surface area contributed by atoms with Crippen LogP contribution in [0.3, 0.4) is 0 Å². The molecule has 1 atom stereocenters. The van der Waals surface area contributed by atoms with Gasteiger partial charge in [0.05, 0.1) is 0 Å². The molecule has 1 unspecified atom stereocenters. The topological polar surface area (TPSA) is 35.6 Å². The zero-order valence-electron chi connectivity index (χ0n) is 13.2. The minimum atomic E-state index is 0.282. The Bertz CT molecular complexity index is 294. The summed E-state index contributed by atoms with van der Waals surface area (Å²) in [5, 5.41) is 3.45. The van der Waals surface area contributed by atoms with Crippen LogP contribution in [0.2, 0.25) is 0 Å². The first-order chi connectivity index (χ1) is 9.70. The van der Waals surface area contributed by atoms with Crippen molar-refractivity contribution in [3.63, 3.8) is 0 Å². The van der Waals surface area contributed by atoms with Crippen LogP contribution in [0.25, 0.3) is 0 Å². The number of carbonyl (C=O) groups excluding carboxylic acids is 1. The van der Waals surface area contributed by atoms with Gasteiger partial charge in [-0.25, -0.2) is 4.79 Å². The maximum Gasteiger partial charge on any atom is 0.320 e. The van der Waals surface area contributed by atoms with Crippen LogP contribution in [0.5, 0.6) is 0 Å². The zero-order valence-corrected chi connectivity index (χ0v) is 13.2. The molecule has 0 aromatic rings. The Morgan fingerprint density at radius 3 is 2.65 bits per heavy atom. The number of hydrogen-bond acceptors (Lipinski definition) is 2. The number of piperidine rings is 2. The van der Waals surface area contributed by atoms with Crippen LogP contribution in [0, 0.1) is 11.8 Å². The molecule has 2 fully saturated rings. The number of carbonyl (C=O) groups is 1. The van der Waals surface area contributed by atoms with Crippen molar-refractivity contribution >= 4 is 6.03 Å². The van der Waals surface area contributed by atoms with Crippen LogP contribution in [0.1, 0.15) is 46.0 Å². The van der Waals surface area contributed by atoms with E-state index in [1.807, 2.05) is 0 Å². The summed E-state index contributed by atoms with van der Waals surface area (Å²) in [5.41, 5.74) is 0. The standard InChI is InChI=1S/C16H31N3O/c1-3-9-19(13-15-5-4-8-17-12-15)16(20)18-10-6-14(2)7-11-18/h14-15,17H,3-13H2,1-2H3. The Kier molecular flexibility index (Phi) is 6.14. The molecule has 0 aliphatic carbocycles. The normalized spacial score (nSPS) is 24.7. The van der Waals surface area contributed by atoms with Gasteiger partial charge in [0.25, 0.3) is 0 Å². The van der Waals surface area contributed by atoms with Crippen molar-refractivity contribution < 1.29 is 4.79 Å². The predicted molar refractivity (Wildman–Crippen MR) is 82.8 cm³/mol. The van der Waals surface area contributed by atoms with E-state index in [0.29, 0.717) is 5.92 Å². The van der Waals surface area contributed by atoms with E-state index in [1.165, 1.54) is 12.8 Å². The highest BCUT2D eigenvalue weighted by atomic mass is 16.2. The maximum atomic E-state index is 12.7. The summed E-state index contributed by atoms with van der Waals surface area (Å²) in [7, 11) is 0. The van der Waals surface area contributed by atoms with Gasteiger partial charge in [-0.2, -0.15) is 0 Å². The molecule has 2 aliphatic rings. The minimum Gasteiger partial charge on any atom is -0.325 e. The fraction of sp³-hybridized carbons (Fsp3) is 0.938. The largest absolute Gasteiger partial charge is 0.325 e. The molecule has 0 bridgehead atoms. The molecule has 0 spiro atoms. The molecule has 20 heavy (non-hydrogen) atoms. The Morgan fingerprint density at radius 1 is 1.30 bits per heavy atom. The van der Waals surface area contributed by atoms with E-state index in [2.05, 4.69) is 29.0 Å². The Hall–Kier alpha value is -0.770. The highest BCUT2D eigenvalue weighted by Crippen LogP contribution is 2.19. The predicted octanol–water partition coefficient (Wildman–Crippen LogP) is 2.55. The number of urea groups is 1. The third-order valence-electron chi connectivity index (χ3n) is 4.70. The first-order valence-electron chi connectivity index (χ1n) is 8.45. The lowest BCUT2D eigenvalue weighted by Crippen LogP contribution is -2.49. The number of nitrogens with zero attached hydrogens (tertiary/aromatic N) is 2. The second-order valence-corrected chi connectivity index (χ2v) is 6.61. The van der Waals surface area contributed by atoms with Gasteiger partial charge in [0.15, 0.2) is 0 Å². The zero-order chi connectivity index (χ0) is 14.4. The lowest BCUT2D eigenvalue weighted by Gasteiger charge is -2.37. The van der Waals surface area contributed by atoms with Crippen LogP contribution in [-0.2, 0) is 0 Å². The third-order valence-corrected chi connectivity index (χ3v) is 4.70. The summed E-state index contributed by atoms with van der Waals surface area (Å²) < 4.78 is 0. The van der Waals surface area contributed by atoms with Gasteiger partial charge in [0.1, 0.15) is 0 Å². The van der Waals surface area contributed by atoms with Gasteiger partial charge < -0.3 is 15.1 Å². The van der Waals surface area contributed by atoms with Crippen LogP contribution in [0.15, 0.2) is 0 Å². The molecule has 2 aliphatic heterocycles. The minimum absolute atomic E-state index is 0.282. The van der Waals surface area contributed by atoms with E-state index < -0.39 is 0 Å². The van der Waals surface area contributed by atoms with Gasteiger partial charge in [0.2, 0.25) is 0 Å².